The second-order valence-corrected chi connectivity index (χ2v) is 8.40. The maximum absolute atomic E-state index is 6.20. The van der Waals surface area contributed by atoms with Crippen molar-refractivity contribution >= 4 is 16.6 Å². The van der Waals surface area contributed by atoms with Crippen molar-refractivity contribution < 1.29 is 9.47 Å². The summed E-state index contributed by atoms with van der Waals surface area (Å²) < 4.78 is 11.8. The molecule has 0 aliphatic carbocycles. The lowest BCUT2D eigenvalue weighted by Crippen LogP contribution is -2.44. The van der Waals surface area contributed by atoms with Crippen LogP contribution >= 0.6 is 0 Å². The predicted molar refractivity (Wildman–Crippen MR) is 131 cm³/mol. The summed E-state index contributed by atoms with van der Waals surface area (Å²) in [5.41, 5.74) is 3.18. The van der Waals surface area contributed by atoms with E-state index in [-0.39, 0.29) is 0 Å². The molecule has 0 unspecified atom stereocenters. The number of nitrogens with zero attached hydrogens (tertiary/aromatic N) is 3. The number of aromatic nitrogens is 1. The molecular weight excluding hydrogens is 400 g/mol. The predicted octanol–water partition coefficient (Wildman–Crippen LogP) is 4.65. The number of nitrogens with one attached hydrogen (secondary N) is 1. The molecule has 0 radical (unpaired) electrons. The van der Waals surface area contributed by atoms with Gasteiger partial charge in [-0.15, -0.1) is 0 Å². The zero-order chi connectivity index (χ0) is 22.3. The second-order valence-electron chi connectivity index (χ2n) is 8.40. The summed E-state index contributed by atoms with van der Waals surface area (Å²) in [6.45, 7) is 8.95. The molecule has 0 bridgehead atoms. The Morgan fingerprint density at radius 1 is 1.00 bits per heavy atom. The minimum Gasteiger partial charge on any atom is -0.496 e. The summed E-state index contributed by atoms with van der Waals surface area (Å²) in [4.78, 5) is 9.46. The van der Waals surface area contributed by atoms with E-state index in [9.17, 15) is 0 Å². The van der Waals surface area contributed by atoms with E-state index < -0.39 is 0 Å². The van der Waals surface area contributed by atoms with Gasteiger partial charge in [0.15, 0.2) is 0 Å². The Labute approximate surface area is 191 Å². The molecule has 1 N–H and O–H groups in total. The molecule has 1 fully saturated rings. The third-order valence-electron chi connectivity index (χ3n) is 6.14. The molecule has 2 heterocycles. The highest BCUT2D eigenvalue weighted by atomic mass is 16.5. The smallest absolute Gasteiger partial charge is 0.138 e. The van der Waals surface area contributed by atoms with Crippen molar-refractivity contribution in [3.05, 3.63) is 54.2 Å². The molecule has 32 heavy (non-hydrogen) atoms. The number of ether oxygens (including phenoxy) is 2. The third-order valence-corrected chi connectivity index (χ3v) is 6.14. The molecule has 0 amide bonds. The van der Waals surface area contributed by atoms with Gasteiger partial charge in [-0.2, -0.15) is 0 Å². The number of hydrogen-bond acceptors (Lipinski definition) is 6. The molecule has 6 nitrogen and oxygen atoms in total. The van der Waals surface area contributed by atoms with Crippen molar-refractivity contribution in [2.45, 2.75) is 19.8 Å². The number of likely N-dealkylation sites (N-methyl/N-ethyl adjacent to an activating group) is 1. The van der Waals surface area contributed by atoms with Gasteiger partial charge in [0.2, 0.25) is 0 Å². The first kappa shape index (κ1) is 22.4. The fourth-order valence-electron chi connectivity index (χ4n) is 4.12. The Morgan fingerprint density at radius 3 is 2.50 bits per heavy atom. The largest absolute Gasteiger partial charge is 0.496 e. The first-order valence-corrected chi connectivity index (χ1v) is 11.5. The molecule has 1 saturated heterocycles. The van der Waals surface area contributed by atoms with Crippen molar-refractivity contribution in [3.8, 4) is 17.2 Å². The van der Waals surface area contributed by atoms with Gasteiger partial charge in [-0.05, 0) is 74.5 Å². The first-order valence-electron chi connectivity index (χ1n) is 11.5. The lowest BCUT2D eigenvalue weighted by atomic mass is 10.1. The Morgan fingerprint density at radius 2 is 1.78 bits per heavy atom. The fourth-order valence-corrected chi connectivity index (χ4v) is 4.12. The highest BCUT2D eigenvalue weighted by Crippen LogP contribution is 2.33. The van der Waals surface area contributed by atoms with Gasteiger partial charge < -0.3 is 24.6 Å². The zero-order valence-electron chi connectivity index (χ0n) is 19.4. The lowest BCUT2D eigenvalue weighted by molar-refractivity contribution is 0.154. The average molecular weight is 435 g/mol. The van der Waals surface area contributed by atoms with Gasteiger partial charge >= 0.3 is 0 Å². The van der Waals surface area contributed by atoms with Crippen LogP contribution in [0.1, 0.15) is 18.9 Å². The minimum absolute atomic E-state index is 0.781. The zero-order valence-corrected chi connectivity index (χ0v) is 19.4. The quantitative estimate of drug-likeness (QED) is 0.495. The van der Waals surface area contributed by atoms with E-state index in [2.05, 4.69) is 52.3 Å². The van der Waals surface area contributed by atoms with Gasteiger partial charge in [0.1, 0.15) is 17.2 Å². The van der Waals surface area contributed by atoms with E-state index in [1.54, 1.807) is 13.3 Å². The number of hydrogen-bond donors (Lipinski definition) is 1. The molecule has 0 saturated carbocycles. The van der Waals surface area contributed by atoms with Gasteiger partial charge in [0.25, 0.3) is 0 Å². The van der Waals surface area contributed by atoms with Gasteiger partial charge in [-0.25, -0.2) is 0 Å². The highest BCUT2D eigenvalue weighted by Gasteiger charge is 2.13. The van der Waals surface area contributed by atoms with Crippen molar-refractivity contribution in [3.63, 3.8) is 0 Å². The standard InChI is InChI=1S/C26H34N4O2/c1-4-20-18-24-23(19-26(20)31-3)25(10-12-28-24)32-22-8-6-21(7-9-22)27-11-5-13-30-16-14-29(2)15-17-30/h6-10,12,18-19,27H,4-5,11,13-17H2,1-3H3. The average Bonchev–Trinajstić information content (AvgIpc) is 2.83. The minimum atomic E-state index is 0.781. The SMILES string of the molecule is CCc1cc2nccc(Oc3ccc(NCCCN4CCN(C)CC4)cc3)c2cc1OC. The van der Waals surface area contributed by atoms with Crippen LogP contribution in [-0.2, 0) is 6.42 Å². The summed E-state index contributed by atoms with van der Waals surface area (Å²) in [5.74, 6) is 2.46. The number of aryl methyl sites for hydroxylation is 1. The van der Waals surface area contributed by atoms with E-state index in [4.69, 9.17) is 9.47 Å². The maximum Gasteiger partial charge on any atom is 0.138 e. The summed E-state index contributed by atoms with van der Waals surface area (Å²) in [6, 6.07) is 14.2. The molecular formula is C26H34N4O2. The van der Waals surface area contributed by atoms with E-state index in [1.807, 2.05) is 24.3 Å². The van der Waals surface area contributed by atoms with Gasteiger partial charge in [-0.1, -0.05) is 6.92 Å². The molecule has 3 aromatic rings. The van der Waals surface area contributed by atoms with Crippen molar-refractivity contribution in [1.29, 1.82) is 0 Å². The van der Waals surface area contributed by atoms with Crippen LogP contribution in [0.25, 0.3) is 10.9 Å². The lowest BCUT2D eigenvalue weighted by Gasteiger charge is -2.32. The van der Waals surface area contributed by atoms with Crippen molar-refractivity contribution in [2.75, 3.05) is 58.7 Å². The van der Waals surface area contributed by atoms with E-state index in [0.717, 1.165) is 65.3 Å². The molecule has 1 aromatic heterocycles. The monoisotopic (exact) mass is 434 g/mol. The summed E-state index contributed by atoms with van der Waals surface area (Å²) in [5, 5.41) is 4.47. The van der Waals surface area contributed by atoms with Gasteiger partial charge in [0.05, 0.1) is 12.6 Å². The summed E-state index contributed by atoms with van der Waals surface area (Å²) in [7, 11) is 3.90. The van der Waals surface area contributed by atoms with Crippen molar-refractivity contribution in [2.24, 2.45) is 0 Å². The Bertz CT molecular complexity index is 1010. The summed E-state index contributed by atoms with van der Waals surface area (Å²) >= 11 is 0. The number of fused-ring (bicyclic) bond motifs is 1. The molecule has 6 heteroatoms. The van der Waals surface area contributed by atoms with Gasteiger partial charge in [0, 0.05) is 50.0 Å². The maximum atomic E-state index is 6.20. The van der Waals surface area contributed by atoms with Crippen LogP contribution in [0.3, 0.4) is 0 Å². The van der Waals surface area contributed by atoms with Crippen LogP contribution in [0.5, 0.6) is 17.2 Å². The molecule has 4 rings (SSSR count). The topological polar surface area (TPSA) is 49.9 Å². The van der Waals surface area contributed by atoms with Crippen LogP contribution in [0.15, 0.2) is 48.7 Å². The van der Waals surface area contributed by atoms with Crippen LogP contribution in [0, 0.1) is 0 Å². The van der Waals surface area contributed by atoms with Crippen LogP contribution in [0.2, 0.25) is 0 Å². The second kappa shape index (κ2) is 10.7. The van der Waals surface area contributed by atoms with Crippen LogP contribution < -0.4 is 14.8 Å². The third kappa shape index (κ3) is 5.50. The van der Waals surface area contributed by atoms with Crippen LogP contribution in [-0.4, -0.2) is 68.2 Å². The number of pyridine rings is 1. The van der Waals surface area contributed by atoms with E-state index in [1.165, 1.54) is 26.2 Å². The molecule has 2 aromatic carbocycles. The van der Waals surface area contributed by atoms with Crippen molar-refractivity contribution in [1.82, 2.24) is 14.8 Å². The fraction of sp³-hybridized carbons (Fsp3) is 0.423. The van der Waals surface area contributed by atoms with Gasteiger partial charge in [-0.3, -0.25) is 4.98 Å². The number of piperazine rings is 1. The number of benzene rings is 2. The van der Waals surface area contributed by atoms with E-state index >= 15 is 0 Å². The first-order chi connectivity index (χ1) is 15.7. The summed E-state index contributed by atoms with van der Waals surface area (Å²) in [6.07, 6.45) is 3.84. The number of methoxy groups -OCH3 is 1. The number of anilines is 1. The molecule has 0 atom stereocenters. The molecule has 170 valence electrons. The Balaban J connectivity index is 1.34. The molecule has 1 aliphatic rings. The highest BCUT2D eigenvalue weighted by molar-refractivity contribution is 5.87. The Hall–Kier alpha value is -2.83. The van der Waals surface area contributed by atoms with Crippen LogP contribution in [0.4, 0.5) is 5.69 Å². The number of rotatable bonds is 9. The molecule has 0 spiro atoms. The normalized spacial score (nSPS) is 15.1. The van der Waals surface area contributed by atoms with E-state index in [0.29, 0.717) is 0 Å². The Kier molecular flexibility index (Phi) is 7.45. The molecule has 1 aliphatic heterocycles.